The van der Waals surface area contributed by atoms with Crippen molar-refractivity contribution in [3.05, 3.63) is 35.6 Å². The Hall–Kier alpha value is -1.46. The second-order valence-electron chi connectivity index (χ2n) is 5.69. The lowest BCUT2D eigenvalue weighted by Crippen LogP contribution is -2.46. The van der Waals surface area contributed by atoms with Crippen molar-refractivity contribution in [2.75, 3.05) is 20.6 Å². The largest absolute Gasteiger partial charge is 0.353 e. The van der Waals surface area contributed by atoms with Gasteiger partial charge in [-0.1, -0.05) is 32.4 Å². The fourth-order valence-electron chi connectivity index (χ4n) is 2.14. The van der Waals surface area contributed by atoms with Gasteiger partial charge in [-0.05, 0) is 37.7 Å². The number of rotatable bonds is 7. The second kappa shape index (κ2) is 8.10. The minimum atomic E-state index is -0.509. The van der Waals surface area contributed by atoms with Gasteiger partial charge in [0, 0.05) is 6.54 Å². The zero-order chi connectivity index (χ0) is 16.0. The maximum absolute atomic E-state index is 13.3. The molecule has 0 heterocycles. The van der Waals surface area contributed by atoms with Gasteiger partial charge in [0.15, 0.2) is 0 Å². The van der Waals surface area contributed by atoms with Crippen LogP contribution < -0.4 is 11.1 Å². The van der Waals surface area contributed by atoms with E-state index in [0.29, 0.717) is 6.54 Å². The van der Waals surface area contributed by atoms with Gasteiger partial charge in [-0.25, -0.2) is 4.39 Å². The third-order valence-corrected chi connectivity index (χ3v) is 3.89. The molecule has 0 fully saturated rings. The van der Waals surface area contributed by atoms with E-state index in [0.717, 1.165) is 12.0 Å². The molecule has 118 valence electrons. The van der Waals surface area contributed by atoms with Gasteiger partial charge < -0.3 is 16.0 Å². The average Bonchev–Trinajstić information content (AvgIpc) is 2.45. The van der Waals surface area contributed by atoms with E-state index in [9.17, 15) is 9.18 Å². The van der Waals surface area contributed by atoms with Gasteiger partial charge in [0.2, 0.25) is 5.91 Å². The van der Waals surface area contributed by atoms with E-state index in [1.807, 2.05) is 38.9 Å². The van der Waals surface area contributed by atoms with Gasteiger partial charge >= 0.3 is 0 Å². The van der Waals surface area contributed by atoms with Crippen LogP contribution in [0.15, 0.2) is 24.3 Å². The number of likely N-dealkylation sites (N-methyl/N-ethyl adjacent to an activating group) is 1. The SMILES string of the molecule is CCC(C)C(N)C(=O)NCC(c1cccc(F)c1)N(C)C. The molecule has 0 aromatic heterocycles. The van der Waals surface area contributed by atoms with Crippen molar-refractivity contribution < 1.29 is 9.18 Å². The van der Waals surface area contributed by atoms with Crippen LogP contribution in [0.1, 0.15) is 31.9 Å². The summed E-state index contributed by atoms with van der Waals surface area (Å²) in [5.41, 5.74) is 6.74. The second-order valence-corrected chi connectivity index (χ2v) is 5.69. The number of carbonyl (C=O) groups excluding carboxylic acids is 1. The molecule has 0 aliphatic carbocycles. The highest BCUT2D eigenvalue weighted by Crippen LogP contribution is 2.18. The Bertz CT molecular complexity index is 465. The van der Waals surface area contributed by atoms with Crippen LogP contribution in [0, 0.1) is 11.7 Å². The van der Waals surface area contributed by atoms with Crippen LogP contribution in [-0.2, 0) is 4.79 Å². The van der Waals surface area contributed by atoms with E-state index >= 15 is 0 Å². The molecule has 0 bridgehead atoms. The van der Waals surface area contributed by atoms with Crippen molar-refractivity contribution in [3.63, 3.8) is 0 Å². The van der Waals surface area contributed by atoms with Gasteiger partial charge in [0.25, 0.3) is 0 Å². The van der Waals surface area contributed by atoms with Crippen LogP contribution in [0.2, 0.25) is 0 Å². The van der Waals surface area contributed by atoms with E-state index in [1.54, 1.807) is 6.07 Å². The van der Waals surface area contributed by atoms with Crippen LogP contribution >= 0.6 is 0 Å². The predicted octanol–water partition coefficient (Wildman–Crippen LogP) is 1.92. The Balaban J connectivity index is 2.70. The number of carbonyl (C=O) groups is 1. The Morgan fingerprint density at radius 1 is 1.43 bits per heavy atom. The monoisotopic (exact) mass is 295 g/mol. The molecule has 0 aliphatic rings. The zero-order valence-electron chi connectivity index (χ0n) is 13.3. The maximum atomic E-state index is 13.3. The van der Waals surface area contributed by atoms with Gasteiger partial charge in [-0.2, -0.15) is 0 Å². The lowest BCUT2D eigenvalue weighted by molar-refractivity contribution is -0.123. The van der Waals surface area contributed by atoms with Gasteiger partial charge in [0.05, 0.1) is 12.1 Å². The number of hydrogen-bond acceptors (Lipinski definition) is 3. The molecule has 4 nitrogen and oxygen atoms in total. The molecule has 1 amide bonds. The first-order valence-corrected chi connectivity index (χ1v) is 7.32. The molecule has 0 aliphatic heterocycles. The van der Waals surface area contributed by atoms with E-state index < -0.39 is 6.04 Å². The molecule has 0 saturated heterocycles. The molecule has 5 heteroatoms. The van der Waals surface area contributed by atoms with E-state index in [2.05, 4.69) is 5.32 Å². The summed E-state index contributed by atoms with van der Waals surface area (Å²) in [4.78, 5) is 14.0. The zero-order valence-corrected chi connectivity index (χ0v) is 13.3. The molecule has 0 saturated carbocycles. The fourth-order valence-corrected chi connectivity index (χ4v) is 2.14. The van der Waals surface area contributed by atoms with Crippen LogP contribution in [-0.4, -0.2) is 37.5 Å². The standard InChI is InChI=1S/C16H26FN3O/c1-5-11(2)15(18)16(21)19-10-14(20(3)4)12-7-6-8-13(17)9-12/h6-9,11,14-15H,5,10,18H2,1-4H3,(H,19,21). The molecule has 21 heavy (non-hydrogen) atoms. The summed E-state index contributed by atoms with van der Waals surface area (Å²) in [5.74, 6) is -0.299. The lowest BCUT2D eigenvalue weighted by Gasteiger charge is -2.26. The Morgan fingerprint density at radius 2 is 2.10 bits per heavy atom. The minimum absolute atomic E-state index is 0.0891. The van der Waals surface area contributed by atoms with E-state index in [1.165, 1.54) is 12.1 Å². The van der Waals surface area contributed by atoms with Crippen molar-refractivity contribution in [2.24, 2.45) is 11.7 Å². The summed E-state index contributed by atoms with van der Waals surface area (Å²) < 4.78 is 13.3. The molecule has 0 spiro atoms. The molecule has 3 atom stereocenters. The summed E-state index contributed by atoms with van der Waals surface area (Å²) in [6.07, 6.45) is 0.857. The number of hydrogen-bond donors (Lipinski definition) is 2. The first-order chi connectivity index (χ1) is 9.86. The van der Waals surface area contributed by atoms with Crippen molar-refractivity contribution >= 4 is 5.91 Å². The third-order valence-electron chi connectivity index (χ3n) is 3.89. The Labute approximate surface area is 126 Å². The number of halogens is 1. The first kappa shape index (κ1) is 17.6. The first-order valence-electron chi connectivity index (χ1n) is 7.32. The third kappa shape index (κ3) is 5.10. The summed E-state index contributed by atoms with van der Waals surface area (Å²) >= 11 is 0. The number of nitrogens with zero attached hydrogens (tertiary/aromatic N) is 1. The van der Waals surface area contributed by atoms with Crippen molar-refractivity contribution in [1.82, 2.24) is 10.2 Å². The van der Waals surface area contributed by atoms with E-state index in [-0.39, 0.29) is 23.7 Å². The molecule has 3 N–H and O–H groups in total. The maximum Gasteiger partial charge on any atom is 0.237 e. The number of nitrogens with one attached hydrogen (secondary N) is 1. The molecule has 0 radical (unpaired) electrons. The van der Waals surface area contributed by atoms with Crippen molar-refractivity contribution in [2.45, 2.75) is 32.4 Å². The summed E-state index contributed by atoms with van der Waals surface area (Å²) in [6, 6.07) is 5.83. The fraction of sp³-hybridized carbons (Fsp3) is 0.562. The average molecular weight is 295 g/mol. The summed E-state index contributed by atoms with van der Waals surface area (Å²) in [5, 5.41) is 2.87. The Morgan fingerprint density at radius 3 is 2.62 bits per heavy atom. The summed E-state index contributed by atoms with van der Waals surface area (Å²) in [6.45, 7) is 4.37. The highest BCUT2D eigenvalue weighted by atomic mass is 19.1. The topological polar surface area (TPSA) is 58.4 Å². The predicted molar refractivity (Wildman–Crippen MR) is 83.3 cm³/mol. The quantitative estimate of drug-likeness (QED) is 0.808. The Kier molecular flexibility index (Phi) is 6.78. The highest BCUT2D eigenvalue weighted by molar-refractivity contribution is 5.81. The minimum Gasteiger partial charge on any atom is -0.353 e. The van der Waals surface area contributed by atoms with Crippen LogP contribution in [0.5, 0.6) is 0 Å². The number of amides is 1. The van der Waals surface area contributed by atoms with Gasteiger partial charge in [-0.15, -0.1) is 0 Å². The smallest absolute Gasteiger partial charge is 0.237 e. The molecular weight excluding hydrogens is 269 g/mol. The molecular formula is C16H26FN3O. The molecule has 3 unspecified atom stereocenters. The van der Waals surface area contributed by atoms with Crippen LogP contribution in [0.4, 0.5) is 4.39 Å². The van der Waals surface area contributed by atoms with Crippen molar-refractivity contribution in [1.29, 1.82) is 0 Å². The number of benzene rings is 1. The van der Waals surface area contributed by atoms with Crippen LogP contribution in [0.25, 0.3) is 0 Å². The van der Waals surface area contributed by atoms with Gasteiger partial charge in [0.1, 0.15) is 5.82 Å². The van der Waals surface area contributed by atoms with Crippen LogP contribution in [0.3, 0.4) is 0 Å². The molecule has 1 aromatic rings. The normalized spacial score (nSPS) is 15.6. The molecule has 1 aromatic carbocycles. The lowest BCUT2D eigenvalue weighted by atomic mass is 9.99. The summed E-state index contributed by atoms with van der Waals surface area (Å²) in [7, 11) is 3.80. The molecule has 1 rings (SSSR count). The van der Waals surface area contributed by atoms with Crippen molar-refractivity contribution in [3.8, 4) is 0 Å². The highest BCUT2D eigenvalue weighted by Gasteiger charge is 2.21. The number of nitrogens with two attached hydrogens (primary N) is 1. The van der Waals surface area contributed by atoms with Gasteiger partial charge in [-0.3, -0.25) is 4.79 Å². The van der Waals surface area contributed by atoms with E-state index in [4.69, 9.17) is 5.73 Å².